The van der Waals surface area contributed by atoms with Crippen LogP contribution >= 0.6 is 0 Å². The Morgan fingerprint density at radius 3 is 2.56 bits per heavy atom. The molecule has 0 spiro atoms. The number of aryl methyl sites for hydroxylation is 2. The van der Waals surface area contributed by atoms with E-state index in [1.165, 1.54) is 0 Å². The van der Waals surface area contributed by atoms with E-state index in [2.05, 4.69) is 4.90 Å². The van der Waals surface area contributed by atoms with E-state index in [1.807, 2.05) is 34.0 Å². The van der Waals surface area contributed by atoms with Crippen LogP contribution in [0.3, 0.4) is 0 Å². The normalized spacial score (nSPS) is 10.7. The van der Waals surface area contributed by atoms with Gasteiger partial charge in [0.1, 0.15) is 0 Å². The maximum absolute atomic E-state index is 11.9. The molecule has 1 rings (SSSR count). The summed E-state index contributed by atoms with van der Waals surface area (Å²) in [5.74, 6) is -0.294. The lowest BCUT2D eigenvalue weighted by atomic mass is 10.0. The fraction of sp³-hybridized carbons (Fsp3) is 0.500. The predicted octanol–water partition coefficient (Wildman–Crippen LogP) is 1.99. The van der Waals surface area contributed by atoms with Crippen LogP contribution in [0.5, 0.6) is 0 Å². The van der Waals surface area contributed by atoms with Gasteiger partial charge in [-0.25, -0.2) is 4.79 Å². The number of anilines is 1. The van der Waals surface area contributed by atoms with Crippen molar-refractivity contribution in [2.75, 3.05) is 33.0 Å². The van der Waals surface area contributed by atoms with Crippen LogP contribution in [-0.4, -0.2) is 38.1 Å². The molecule has 1 aromatic carbocycles. The van der Waals surface area contributed by atoms with Gasteiger partial charge < -0.3 is 15.4 Å². The third-order valence-electron chi connectivity index (χ3n) is 2.82. The minimum absolute atomic E-state index is 0.294. The standard InChI is InChI=1S/C14H22N2O2/c1-10-8-11(2)13(15)9-12(10)14(17)18-7-5-6-16(3)4/h8-9H,5-7,15H2,1-4H3. The maximum Gasteiger partial charge on any atom is 0.338 e. The molecule has 0 aliphatic carbocycles. The van der Waals surface area contributed by atoms with Crippen LogP contribution in [0.1, 0.15) is 27.9 Å². The van der Waals surface area contributed by atoms with E-state index < -0.39 is 0 Å². The van der Waals surface area contributed by atoms with E-state index in [0.29, 0.717) is 17.9 Å². The molecule has 4 heteroatoms. The van der Waals surface area contributed by atoms with E-state index in [9.17, 15) is 4.79 Å². The Morgan fingerprint density at radius 2 is 1.94 bits per heavy atom. The Bertz CT molecular complexity index is 428. The first-order valence-electron chi connectivity index (χ1n) is 6.10. The molecular formula is C14H22N2O2. The average molecular weight is 250 g/mol. The Labute approximate surface area is 109 Å². The second kappa shape index (κ2) is 6.40. The van der Waals surface area contributed by atoms with E-state index in [4.69, 9.17) is 10.5 Å². The van der Waals surface area contributed by atoms with Crippen LogP contribution in [0.25, 0.3) is 0 Å². The third kappa shape index (κ3) is 4.04. The third-order valence-corrected chi connectivity index (χ3v) is 2.82. The molecule has 0 amide bonds. The number of hydrogen-bond donors (Lipinski definition) is 1. The van der Waals surface area contributed by atoms with Crippen molar-refractivity contribution in [2.24, 2.45) is 0 Å². The number of carbonyl (C=O) groups excluding carboxylic acids is 1. The second-order valence-corrected chi connectivity index (χ2v) is 4.82. The van der Waals surface area contributed by atoms with Gasteiger partial charge in [-0.2, -0.15) is 0 Å². The number of ether oxygens (including phenoxy) is 1. The summed E-state index contributed by atoms with van der Waals surface area (Å²) < 4.78 is 5.23. The number of hydrogen-bond acceptors (Lipinski definition) is 4. The van der Waals surface area contributed by atoms with Gasteiger partial charge in [0.15, 0.2) is 0 Å². The molecule has 0 aliphatic rings. The molecule has 0 fully saturated rings. The first kappa shape index (κ1) is 14.5. The molecule has 0 atom stereocenters. The Kier molecular flexibility index (Phi) is 5.16. The highest BCUT2D eigenvalue weighted by molar-refractivity contribution is 5.92. The Hall–Kier alpha value is -1.55. The first-order chi connectivity index (χ1) is 8.41. The molecule has 1 aromatic rings. The van der Waals surface area contributed by atoms with Crippen LogP contribution in [0.15, 0.2) is 12.1 Å². The average Bonchev–Trinajstić information content (AvgIpc) is 2.28. The second-order valence-electron chi connectivity index (χ2n) is 4.82. The lowest BCUT2D eigenvalue weighted by molar-refractivity contribution is 0.0492. The van der Waals surface area contributed by atoms with Crippen LogP contribution in [0.2, 0.25) is 0 Å². The van der Waals surface area contributed by atoms with Gasteiger partial charge in [-0.05, 0) is 51.6 Å². The van der Waals surface area contributed by atoms with Gasteiger partial charge in [-0.1, -0.05) is 6.07 Å². The van der Waals surface area contributed by atoms with E-state index >= 15 is 0 Å². The number of nitrogens with zero attached hydrogens (tertiary/aromatic N) is 1. The molecule has 4 nitrogen and oxygen atoms in total. The number of carbonyl (C=O) groups is 1. The monoisotopic (exact) mass is 250 g/mol. The summed E-state index contributed by atoms with van der Waals surface area (Å²) in [6.07, 6.45) is 0.832. The lowest BCUT2D eigenvalue weighted by Gasteiger charge is -2.11. The number of rotatable bonds is 5. The van der Waals surface area contributed by atoms with E-state index in [0.717, 1.165) is 24.1 Å². The molecule has 18 heavy (non-hydrogen) atoms. The quantitative estimate of drug-likeness (QED) is 0.493. The van der Waals surface area contributed by atoms with Gasteiger partial charge in [0.05, 0.1) is 12.2 Å². The molecule has 0 unspecified atom stereocenters. The molecule has 0 radical (unpaired) electrons. The van der Waals surface area contributed by atoms with Gasteiger partial charge in [-0.3, -0.25) is 0 Å². The zero-order chi connectivity index (χ0) is 13.7. The first-order valence-corrected chi connectivity index (χ1v) is 6.10. The van der Waals surface area contributed by atoms with Crippen molar-refractivity contribution in [1.29, 1.82) is 0 Å². The van der Waals surface area contributed by atoms with Crippen molar-refractivity contribution < 1.29 is 9.53 Å². The molecule has 0 aromatic heterocycles. The number of nitrogens with two attached hydrogens (primary N) is 1. The minimum Gasteiger partial charge on any atom is -0.462 e. The zero-order valence-corrected chi connectivity index (χ0v) is 11.6. The van der Waals surface area contributed by atoms with Crippen LogP contribution in [0.4, 0.5) is 5.69 Å². The molecule has 2 N–H and O–H groups in total. The van der Waals surface area contributed by atoms with Gasteiger partial charge in [-0.15, -0.1) is 0 Å². The molecule has 0 aliphatic heterocycles. The van der Waals surface area contributed by atoms with Crippen molar-refractivity contribution >= 4 is 11.7 Å². The highest BCUT2D eigenvalue weighted by Crippen LogP contribution is 2.18. The molecule has 0 saturated heterocycles. The highest BCUT2D eigenvalue weighted by Gasteiger charge is 2.12. The maximum atomic E-state index is 11.9. The lowest BCUT2D eigenvalue weighted by Crippen LogP contribution is -2.16. The molecule has 100 valence electrons. The molecule has 0 saturated carbocycles. The van der Waals surface area contributed by atoms with Gasteiger partial charge in [0.25, 0.3) is 0 Å². The summed E-state index contributed by atoms with van der Waals surface area (Å²) >= 11 is 0. The van der Waals surface area contributed by atoms with Crippen molar-refractivity contribution in [3.63, 3.8) is 0 Å². The number of esters is 1. The Morgan fingerprint density at radius 1 is 1.28 bits per heavy atom. The fourth-order valence-electron chi connectivity index (χ4n) is 1.71. The van der Waals surface area contributed by atoms with Crippen molar-refractivity contribution in [3.05, 3.63) is 28.8 Å². The van der Waals surface area contributed by atoms with Crippen LogP contribution < -0.4 is 5.73 Å². The van der Waals surface area contributed by atoms with E-state index in [-0.39, 0.29) is 5.97 Å². The van der Waals surface area contributed by atoms with Crippen molar-refractivity contribution in [1.82, 2.24) is 4.90 Å². The summed E-state index contributed by atoms with van der Waals surface area (Å²) in [6, 6.07) is 3.60. The zero-order valence-electron chi connectivity index (χ0n) is 11.6. The summed E-state index contributed by atoms with van der Waals surface area (Å²) in [5, 5.41) is 0. The summed E-state index contributed by atoms with van der Waals surface area (Å²) in [7, 11) is 3.99. The predicted molar refractivity (Wildman–Crippen MR) is 73.8 cm³/mol. The highest BCUT2D eigenvalue weighted by atomic mass is 16.5. The summed E-state index contributed by atoms with van der Waals surface area (Å²) in [5.41, 5.74) is 8.88. The summed E-state index contributed by atoms with van der Waals surface area (Å²) in [4.78, 5) is 13.9. The fourth-order valence-corrected chi connectivity index (χ4v) is 1.71. The van der Waals surface area contributed by atoms with Gasteiger partial charge >= 0.3 is 5.97 Å². The Balaban J connectivity index is 2.59. The minimum atomic E-state index is -0.294. The van der Waals surface area contributed by atoms with Crippen molar-refractivity contribution in [2.45, 2.75) is 20.3 Å². The molecule has 0 bridgehead atoms. The van der Waals surface area contributed by atoms with Crippen LogP contribution in [-0.2, 0) is 4.74 Å². The van der Waals surface area contributed by atoms with Crippen molar-refractivity contribution in [3.8, 4) is 0 Å². The molecule has 0 heterocycles. The largest absolute Gasteiger partial charge is 0.462 e. The van der Waals surface area contributed by atoms with Crippen LogP contribution in [0, 0.1) is 13.8 Å². The number of benzene rings is 1. The topological polar surface area (TPSA) is 55.6 Å². The summed E-state index contributed by atoms with van der Waals surface area (Å²) in [6.45, 7) is 5.16. The number of nitrogen functional groups attached to an aromatic ring is 1. The smallest absolute Gasteiger partial charge is 0.338 e. The molecular weight excluding hydrogens is 228 g/mol. The SMILES string of the molecule is Cc1cc(C)c(C(=O)OCCCN(C)C)cc1N. The van der Waals surface area contributed by atoms with Gasteiger partial charge in [0, 0.05) is 12.2 Å². The van der Waals surface area contributed by atoms with E-state index in [1.54, 1.807) is 6.07 Å². The van der Waals surface area contributed by atoms with Gasteiger partial charge in [0.2, 0.25) is 0 Å².